The van der Waals surface area contributed by atoms with Gasteiger partial charge in [-0.15, -0.1) is 0 Å². The molecule has 1 saturated carbocycles. The normalized spacial score (nSPS) is 39.0. The molecular formula is C8H14O. The lowest BCUT2D eigenvalue weighted by molar-refractivity contribution is 0.0101. The number of hydrogen-bond donors (Lipinski definition) is 0. The SMILES string of the molecule is C[C@H]1COCC2(CC2)C1. The first kappa shape index (κ1) is 5.72. The summed E-state index contributed by atoms with van der Waals surface area (Å²) in [5.74, 6) is 0.821. The lowest BCUT2D eigenvalue weighted by Crippen LogP contribution is -2.24. The lowest BCUT2D eigenvalue weighted by atomic mass is 9.92. The molecule has 1 heteroatoms. The summed E-state index contributed by atoms with van der Waals surface area (Å²) in [6, 6.07) is 0. The molecule has 0 aromatic heterocycles. The second-order valence-corrected chi connectivity index (χ2v) is 3.82. The van der Waals surface area contributed by atoms with Gasteiger partial charge in [0.2, 0.25) is 0 Å². The highest BCUT2D eigenvalue weighted by Crippen LogP contribution is 2.52. The topological polar surface area (TPSA) is 9.23 Å². The Labute approximate surface area is 56.4 Å². The largest absolute Gasteiger partial charge is 0.381 e. The molecule has 1 saturated heterocycles. The summed E-state index contributed by atoms with van der Waals surface area (Å²) >= 11 is 0. The Kier molecular flexibility index (Phi) is 1.10. The number of rotatable bonds is 0. The van der Waals surface area contributed by atoms with Crippen molar-refractivity contribution >= 4 is 0 Å². The molecule has 2 fully saturated rings. The van der Waals surface area contributed by atoms with Crippen LogP contribution in [-0.4, -0.2) is 13.2 Å². The van der Waals surface area contributed by atoms with Gasteiger partial charge in [-0.2, -0.15) is 0 Å². The van der Waals surface area contributed by atoms with E-state index in [1.165, 1.54) is 19.3 Å². The molecule has 2 aliphatic rings. The average Bonchev–Trinajstić information content (AvgIpc) is 2.49. The highest BCUT2D eigenvalue weighted by Gasteiger charge is 2.45. The summed E-state index contributed by atoms with van der Waals surface area (Å²) in [5, 5.41) is 0. The van der Waals surface area contributed by atoms with Crippen molar-refractivity contribution in [2.75, 3.05) is 13.2 Å². The third-order valence-corrected chi connectivity index (χ3v) is 2.55. The molecule has 1 atom stereocenters. The van der Waals surface area contributed by atoms with E-state index in [0.717, 1.165) is 19.1 Å². The van der Waals surface area contributed by atoms with Crippen molar-refractivity contribution in [1.82, 2.24) is 0 Å². The fourth-order valence-electron chi connectivity index (χ4n) is 1.86. The van der Waals surface area contributed by atoms with Gasteiger partial charge in [0.05, 0.1) is 6.61 Å². The van der Waals surface area contributed by atoms with Crippen molar-refractivity contribution < 1.29 is 4.74 Å². The standard InChI is InChI=1S/C8H14O/c1-7-4-8(2-3-8)6-9-5-7/h7H,2-6H2,1H3/t7-/m1/s1. The van der Waals surface area contributed by atoms with E-state index in [1.807, 2.05) is 0 Å². The van der Waals surface area contributed by atoms with E-state index >= 15 is 0 Å². The van der Waals surface area contributed by atoms with Gasteiger partial charge in [-0.3, -0.25) is 0 Å². The Morgan fingerprint density at radius 2 is 2.22 bits per heavy atom. The highest BCUT2D eigenvalue weighted by molar-refractivity contribution is 4.95. The molecule has 1 aliphatic carbocycles. The summed E-state index contributed by atoms with van der Waals surface area (Å²) in [6.07, 6.45) is 4.28. The average molecular weight is 126 g/mol. The van der Waals surface area contributed by atoms with Crippen LogP contribution >= 0.6 is 0 Å². The molecule has 0 aromatic carbocycles. The maximum Gasteiger partial charge on any atom is 0.0522 e. The zero-order valence-electron chi connectivity index (χ0n) is 6.02. The summed E-state index contributed by atoms with van der Waals surface area (Å²) in [4.78, 5) is 0. The summed E-state index contributed by atoms with van der Waals surface area (Å²) in [6.45, 7) is 4.35. The van der Waals surface area contributed by atoms with Crippen molar-refractivity contribution in [2.45, 2.75) is 26.2 Å². The summed E-state index contributed by atoms with van der Waals surface area (Å²) in [7, 11) is 0. The maximum absolute atomic E-state index is 5.46. The quantitative estimate of drug-likeness (QED) is 0.481. The van der Waals surface area contributed by atoms with Gasteiger partial charge in [0.15, 0.2) is 0 Å². The summed E-state index contributed by atoms with van der Waals surface area (Å²) < 4.78 is 5.46. The third kappa shape index (κ3) is 0.983. The van der Waals surface area contributed by atoms with Crippen LogP contribution in [0.4, 0.5) is 0 Å². The zero-order valence-corrected chi connectivity index (χ0v) is 6.02. The lowest BCUT2D eigenvalue weighted by Gasteiger charge is -2.26. The smallest absolute Gasteiger partial charge is 0.0522 e. The molecular weight excluding hydrogens is 112 g/mol. The Balaban J connectivity index is 1.96. The minimum Gasteiger partial charge on any atom is -0.381 e. The van der Waals surface area contributed by atoms with Crippen LogP contribution < -0.4 is 0 Å². The van der Waals surface area contributed by atoms with E-state index in [-0.39, 0.29) is 0 Å². The van der Waals surface area contributed by atoms with Crippen molar-refractivity contribution in [3.05, 3.63) is 0 Å². The van der Waals surface area contributed by atoms with E-state index in [2.05, 4.69) is 6.92 Å². The molecule has 0 aromatic rings. The molecule has 0 unspecified atom stereocenters. The molecule has 9 heavy (non-hydrogen) atoms. The molecule has 0 amide bonds. The molecule has 1 spiro atoms. The van der Waals surface area contributed by atoms with Gasteiger partial charge in [0.25, 0.3) is 0 Å². The van der Waals surface area contributed by atoms with Gasteiger partial charge >= 0.3 is 0 Å². The fourth-order valence-corrected chi connectivity index (χ4v) is 1.86. The van der Waals surface area contributed by atoms with Crippen LogP contribution in [0.5, 0.6) is 0 Å². The molecule has 0 bridgehead atoms. The maximum atomic E-state index is 5.46. The highest BCUT2D eigenvalue weighted by atomic mass is 16.5. The number of ether oxygens (including phenoxy) is 1. The fraction of sp³-hybridized carbons (Fsp3) is 1.00. The van der Waals surface area contributed by atoms with E-state index in [4.69, 9.17) is 4.74 Å². The second kappa shape index (κ2) is 1.72. The van der Waals surface area contributed by atoms with Crippen LogP contribution in [0.2, 0.25) is 0 Å². The van der Waals surface area contributed by atoms with Crippen LogP contribution in [-0.2, 0) is 4.74 Å². The van der Waals surface area contributed by atoms with Gasteiger partial charge in [0.1, 0.15) is 0 Å². The van der Waals surface area contributed by atoms with Crippen LogP contribution in [0.15, 0.2) is 0 Å². The Hall–Kier alpha value is -0.0400. The van der Waals surface area contributed by atoms with E-state index < -0.39 is 0 Å². The monoisotopic (exact) mass is 126 g/mol. The predicted molar refractivity (Wildman–Crippen MR) is 36.3 cm³/mol. The Morgan fingerprint density at radius 3 is 2.67 bits per heavy atom. The minimum absolute atomic E-state index is 0.678. The van der Waals surface area contributed by atoms with Gasteiger partial charge < -0.3 is 4.74 Å². The van der Waals surface area contributed by atoms with E-state index in [9.17, 15) is 0 Å². The Morgan fingerprint density at radius 1 is 1.44 bits per heavy atom. The number of hydrogen-bond acceptors (Lipinski definition) is 1. The molecule has 2 rings (SSSR count). The molecule has 1 aliphatic heterocycles. The van der Waals surface area contributed by atoms with Gasteiger partial charge in [-0.05, 0) is 30.6 Å². The molecule has 0 N–H and O–H groups in total. The van der Waals surface area contributed by atoms with E-state index in [1.54, 1.807) is 0 Å². The third-order valence-electron chi connectivity index (χ3n) is 2.55. The van der Waals surface area contributed by atoms with Crippen molar-refractivity contribution in [1.29, 1.82) is 0 Å². The predicted octanol–water partition coefficient (Wildman–Crippen LogP) is 1.82. The van der Waals surface area contributed by atoms with Gasteiger partial charge in [0, 0.05) is 6.61 Å². The molecule has 1 nitrogen and oxygen atoms in total. The van der Waals surface area contributed by atoms with E-state index in [0.29, 0.717) is 5.41 Å². The van der Waals surface area contributed by atoms with Gasteiger partial charge in [-0.25, -0.2) is 0 Å². The van der Waals surface area contributed by atoms with Crippen LogP contribution in [0.25, 0.3) is 0 Å². The first-order chi connectivity index (χ1) is 4.31. The van der Waals surface area contributed by atoms with Crippen molar-refractivity contribution in [2.24, 2.45) is 11.3 Å². The van der Waals surface area contributed by atoms with Crippen molar-refractivity contribution in [3.63, 3.8) is 0 Å². The Bertz CT molecular complexity index is 116. The van der Waals surface area contributed by atoms with Gasteiger partial charge in [-0.1, -0.05) is 6.92 Å². The van der Waals surface area contributed by atoms with Crippen LogP contribution in [0, 0.1) is 11.3 Å². The van der Waals surface area contributed by atoms with Crippen molar-refractivity contribution in [3.8, 4) is 0 Å². The minimum atomic E-state index is 0.678. The molecule has 0 radical (unpaired) electrons. The summed E-state index contributed by atoms with van der Waals surface area (Å²) in [5.41, 5.74) is 0.678. The first-order valence-electron chi connectivity index (χ1n) is 3.89. The molecule has 1 heterocycles. The molecule has 52 valence electrons. The zero-order chi connectivity index (χ0) is 6.32. The van der Waals surface area contributed by atoms with Crippen LogP contribution in [0.3, 0.4) is 0 Å². The second-order valence-electron chi connectivity index (χ2n) is 3.82. The van der Waals surface area contributed by atoms with Crippen LogP contribution in [0.1, 0.15) is 26.2 Å². The first-order valence-corrected chi connectivity index (χ1v) is 3.89.